The Morgan fingerprint density at radius 2 is 2.36 bits per heavy atom. The Balaban J connectivity index is 2.56. The zero-order valence-corrected chi connectivity index (χ0v) is 7.55. The fourth-order valence-corrected chi connectivity index (χ4v) is 1.14. The monoisotopic (exact) mass is 185 g/mol. The Bertz CT molecular complexity index is 494. The van der Waals surface area contributed by atoms with E-state index >= 15 is 0 Å². The van der Waals surface area contributed by atoms with Crippen molar-refractivity contribution in [1.29, 1.82) is 5.26 Å². The van der Waals surface area contributed by atoms with Gasteiger partial charge in [0.15, 0.2) is 5.82 Å². The molecule has 2 rings (SSSR count). The molecule has 0 aliphatic heterocycles. The summed E-state index contributed by atoms with van der Waals surface area (Å²) < 4.78 is 1.60. The molecule has 0 spiro atoms. The maximum absolute atomic E-state index is 8.76. The second-order valence-electron chi connectivity index (χ2n) is 2.82. The van der Waals surface area contributed by atoms with Gasteiger partial charge in [-0.25, -0.2) is 4.98 Å². The van der Waals surface area contributed by atoms with Gasteiger partial charge in [0.1, 0.15) is 6.07 Å². The fourth-order valence-electron chi connectivity index (χ4n) is 1.14. The van der Waals surface area contributed by atoms with Crippen LogP contribution < -0.4 is 0 Å². The van der Waals surface area contributed by atoms with Crippen molar-refractivity contribution in [3.63, 3.8) is 0 Å². The molecule has 0 amide bonds. The number of hydrogen-bond acceptors (Lipinski definition) is 4. The summed E-state index contributed by atoms with van der Waals surface area (Å²) in [5, 5.41) is 16.5. The summed E-state index contributed by atoms with van der Waals surface area (Å²) >= 11 is 0. The number of aryl methyl sites for hydroxylation is 1. The average molecular weight is 185 g/mol. The van der Waals surface area contributed by atoms with Gasteiger partial charge in [0, 0.05) is 12.4 Å². The summed E-state index contributed by atoms with van der Waals surface area (Å²) in [6.07, 6.45) is 4.90. The standard InChI is InChI=1S/C9H7N5/c1-7-4-8(13-12-6-7)14-3-2-11-9(14)5-10/h2-4,6H,1H3. The van der Waals surface area contributed by atoms with E-state index in [4.69, 9.17) is 5.26 Å². The van der Waals surface area contributed by atoms with E-state index in [0.717, 1.165) is 5.56 Å². The first-order chi connectivity index (χ1) is 6.81. The quantitative estimate of drug-likeness (QED) is 0.660. The van der Waals surface area contributed by atoms with Crippen molar-refractivity contribution in [2.75, 3.05) is 0 Å². The van der Waals surface area contributed by atoms with Gasteiger partial charge in [-0.1, -0.05) is 0 Å². The van der Waals surface area contributed by atoms with Gasteiger partial charge in [-0.15, -0.1) is 5.10 Å². The molecule has 2 aromatic rings. The average Bonchev–Trinajstić information content (AvgIpc) is 2.65. The van der Waals surface area contributed by atoms with Gasteiger partial charge < -0.3 is 0 Å². The predicted octanol–water partition coefficient (Wildman–Crippen LogP) is 0.842. The maximum atomic E-state index is 8.76. The molecule has 0 aromatic carbocycles. The molecule has 68 valence electrons. The van der Waals surface area contributed by atoms with Crippen molar-refractivity contribution in [3.8, 4) is 11.9 Å². The molecule has 0 aliphatic rings. The van der Waals surface area contributed by atoms with Crippen LogP contribution >= 0.6 is 0 Å². The first-order valence-corrected chi connectivity index (χ1v) is 4.04. The lowest BCUT2D eigenvalue weighted by Crippen LogP contribution is -2.01. The second-order valence-corrected chi connectivity index (χ2v) is 2.82. The first kappa shape index (κ1) is 8.38. The lowest BCUT2D eigenvalue weighted by atomic mass is 10.3. The minimum atomic E-state index is 0.310. The van der Waals surface area contributed by atoms with E-state index in [1.807, 2.05) is 19.1 Å². The van der Waals surface area contributed by atoms with Gasteiger partial charge in [-0.3, -0.25) is 4.57 Å². The third-order valence-corrected chi connectivity index (χ3v) is 1.77. The van der Waals surface area contributed by atoms with Crippen LogP contribution in [0.2, 0.25) is 0 Å². The largest absolute Gasteiger partial charge is 0.274 e. The molecule has 0 unspecified atom stereocenters. The number of rotatable bonds is 1. The molecule has 0 radical (unpaired) electrons. The van der Waals surface area contributed by atoms with Crippen molar-refractivity contribution < 1.29 is 0 Å². The molecule has 0 fully saturated rings. The van der Waals surface area contributed by atoms with Crippen molar-refractivity contribution >= 4 is 0 Å². The van der Waals surface area contributed by atoms with Crippen LogP contribution in [-0.2, 0) is 0 Å². The van der Waals surface area contributed by atoms with E-state index in [1.54, 1.807) is 23.2 Å². The van der Waals surface area contributed by atoms with Crippen LogP contribution in [0.4, 0.5) is 0 Å². The van der Waals surface area contributed by atoms with E-state index < -0.39 is 0 Å². The Labute approximate surface area is 80.7 Å². The number of hydrogen-bond donors (Lipinski definition) is 0. The molecule has 5 heteroatoms. The van der Waals surface area contributed by atoms with E-state index in [1.165, 1.54) is 0 Å². The van der Waals surface area contributed by atoms with E-state index in [2.05, 4.69) is 15.2 Å². The Morgan fingerprint density at radius 1 is 1.50 bits per heavy atom. The molecule has 0 atom stereocenters. The highest BCUT2D eigenvalue weighted by atomic mass is 15.2. The topological polar surface area (TPSA) is 67.4 Å². The molecule has 0 bridgehead atoms. The molecule has 0 N–H and O–H groups in total. The molecule has 0 saturated heterocycles. The first-order valence-electron chi connectivity index (χ1n) is 4.04. The summed E-state index contributed by atoms with van der Waals surface area (Å²) in [5.41, 5.74) is 0.993. The highest BCUT2D eigenvalue weighted by Gasteiger charge is 2.04. The highest BCUT2D eigenvalue weighted by Crippen LogP contribution is 2.07. The summed E-state index contributed by atoms with van der Waals surface area (Å²) in [4.78, 5) is 3.87. The van der Waals surface area contributed by atoms with Crippen LogP contribution in [0.1, 0.15) is 11.4 Å². The molecule has 14 heavy (non-hydrogen) atoms. The minimum absolute atomic E-state index is 0.310. The predicted molar refractivity (Wildman–Crippen MR) is 48.6 cm³/mol. The minimum Gasteiger partial charge on any atom is -0.274 e. The van der Waals surface area contributed by atoms with Crippen LogP contribution in [0, 0.1) is 18.3 Å². The van der Waals surface area contributed by atoms with Crippen LogP contribution in [-0.4, -0.2) is 19.7 Å². The molecule has 0 aliphatic carbocycles. The van der Waals surface area contributed by atoms with Crippen LogP contribution in [0.3, 0.4) is 0 Å². The van der Waals surface area contributed by atoms with Crippen molar-refractivity contribution in [3.05, 3.63) is 36.0 Å². The lowest BCUT2D eigenvalue weighted by Gasteiger charge is -2.01. The van der Waals surface area contributed by atoms with Crippen molar-refractivity contribution in [2.24, 2.45) is 0 Å². The van der Waals surface area contributed by atoms with Gasteiger partial charge >= 0.3 is 0 Å². The van der Waals surface area contributed by atoms with Crippen LogP contribution in [0.25, 0.3) is 5.82 Å². The Hall–Kier alpha value is -2.22. The molecular formula is C9H7N5. The van der Waals surface area contributed by atoms with Gasteiger partial charge in [-0.2, -0.15) is 10.4 Å². The van der Waals surface area contributed by atoms with Gasteiger partial charge in [0.25, 0.3) is 0 Å². The molecule has 5 nitrogen and oxygen atoms in total. The SMILES string of the molecule is Cc1cnnc(-n2ccnc2C#N)c1. The van der Waals surface area contributed by atoms with Crippen LogP contribution in [0.15, 0.2) is 24.7 Å². The fraction of sp³-hybridized carbons (Fsp3) is 0.111. The molecular weight excluding hydrogens is 178 g/mol. The third kappa shape index (κ3) is 1.33. The van der Waals surface area contributed by atoms with E-state index in [9.17, 15) is 0 Å². The third-order valence-electron chi connectivity index (χ3n) is 1.77. The number of aromatic nitrogens is 4. The molecule has 2 heterocycles. The summed E-state index contributed by atoms with van der Waals surface area (Å²) in [6, 6.07) is 3.82. The Kier molecular flexibility index (Phi) is 1.95. The van der Waals surface area contributed by atoms with Gasteiger partial charge in [0.2, 0.25) is 5.82 Å². The second kappa shape index (κ2) is 3.26. The van der Waals surface area contributed by atoms with Gasteiger partial charge in [0.05, 0.1) is 6.20 Å². The molecule has 0 saturated carbocycles. The normalized spacial score (nSPS) is 9.71. The Morgan fingerprint density at radius 3 is 3.07 bits per heavy atom. The van der Waals surface area contributed by atoms with E-state index in [0.29, 0.717) is 11.6 Å². The lowest BCUT2D eigenvalue weighted by molar-refractivity contribution is 0.892. The number of nitrogens with zero attached hydrogens (tertiary/aromatic N) is 5. The smallest absolute Gasteiger partial charge is 0.218 e. The number of imidazole rings is 1. The van der Waals surface area contributed by atoms with Crippen molar-refractivity contribution in [2.45, 2.75) is 6.92 Å². The zero-order valence-electron chi connectivity index (χ0n) is 7.55. The highest BCUT2D eigenvalue weighted by molar-refractivity contribution is 5.29. The maximum Gasteiger partial charge on any atom is 0.218 e. The molecule has 2 aromatic heterocycles. The van der Waals surface area contributed by atoms with Gasteiger partial charge in [-0.05, 0) is 18.6 Å². The van der Waals surface area contributed by atoms with Crippen molar-refractivity contribution in [1.82, 2.24) is 19.7 Å². The summed E-state index contributed by atoms with van der Waals surface area (Å²) in [5.74, 6) is 0.920. The zero-order chi connectivity index (χ0) is 9.97. The number of nitriles is 1. The summed E-state index contributed by atoms with van der Waals surface area (Å²) in [6.45, 7) is 1.92. The van der Waals surface area contributed by atoms with E-state index in [-0.39, 0.29) is 0 Å². The van der Waals surface area contributed by atoms with Crippen LogP contribution in [0.5, 0.6) is 0 Å². The summed E-state index contributed by atoms with van der Waals surface area (Å²) in [7, 11) is 0.